The average molecular weight is 777 g/mol. The molecule has 10 nitrogen and oxygen atoms in total. The first-order valence-electron chi connectivity index (χ1n) is 21.9. The maximum Gasteiger partial charge on any atom is 0.239 e. The van der Waals surface area contributed by atoms with Gasteiger partial charge in [0.15, 0.2) is 0 Å². The highest BCUT2D eigenvalue weighted by Gasteiger charge is 2.65. The Balaban J connectivity index is 1.54. The molecule has 3 aliphatic carbocycles. The number of aliphatic hydroxyl groups excluding tert-OH is 2. The lowest BCUT2D eigenvalue weighted by Gasteiger charge is -2.60. The van der Waals surface area contributed by atoms with E-state index in [1.54, 1.807) is 12.2 Å². The maximum absolute atomic E-state index is 14.7. The molecule has 0 bridgehead atoms. The van der Waals surface area contributed by atoms with Gasteiger partial charge < -0.3 is 38.9 Å². The molecule has 7 atom stereocenters. The topological polar surface area (TPSA) is 119 Å². The first-order valence-corrected chi connectivity index (χ1v) is 21.9. The zero-order chi connectivity index (χ0) is 39.3. The number of allylic oxidation sites excluding steroid dienone is 1. The van der Waals surface area contributed by atoms with Gasteiger partial charge in [-0.05, 0) is 92.9 Å². The highest BCUT2D eigenvalue weighted by atomic mass is 16.8. The van der Waals surface area contributed by atoms with E-state index in [-0.39, 0.29) is 49.4 Å². The minimum absolute atomic E-state index is 0.0929. The molecule has 1 saturated heterocycles. The SMILES string of the molecule is C=CCOc1ccc2c(c1)[C@H]1[C@H](CCCCO)[C@@H](CCCCO)C=C3C(=NOC4CCCCO4)C[C@H](N(CCC)C(=O)CCC4CCCC4)[C@@](OCC=C)(O2)[C@H]31. The van der Waals surface area contributed by atoms with Crippen molar-refractivity contribution in [3.05, 3.63) is 60.7 Å². The zero-order valence-corrected chi connectivity index (χ0v) is 33.9. The second-order valence-electron chi connectivity index (χ2n) is 16.6. The number of carbonyl (C=O) groups excluding carboxylic acids is 1. The molecular weight excluding hydrogens is 709 g/mol. The van der Waals surface area contributed by atoms with Crippen molar-refractivity contribution in [2.75, 3.05) is 39.6 Å². The van der Waals surface area contributed by atoms with Crippen molar-refractivity contribution >= 4 is 11.6 Å². The third-order valence-electron chi connectivity index (χ3n) is 12.8. The number of oxime groups is 1. The molecule has 310 valence electrons. The van der Waals surface area contributed by atoms with Crippen molar-refractivity contribution in [3.8, 4) is 11.5 Å². The van der Waals surface area contributed by atoms with Crippen molar-refractivity contribution in [1.29, 1.82) is 0 Å². The molecule has 2 N–H and O–H groups in total. The van der Waals surface area contributed by atoms with Gasteiger partial charge in [-0.3, -0.25) is 4.79 Å². The molecule has 10 heteroatoms. The van der Waals surface area contributed by atoms with Gasteiger partial charge >= 0.3 is 0 Å². The fourth-order valence-corrected chi connectivity index (χ4v) is 10.3. The van der Waals surface area contributed by atoms with Crippen molar-refractivity contribution in [2.45, 2.75) is 140 Å². The van der Waals surface area contributed by atoms with E-state index in [9.17, 15) is 15.0 Å². The van der Waals surface area contributed by atoms with Gasteiger partial charge in [0.05, 0.1) is 24.8 Å². The quantitative estimate of drug-likeness (QED) is 0.0683. The van der Waals surface area contributed by atoms with E-state index in [1.165, 1.54) is 25.7 Å². The molecule has 0 aromatic heterocycles. The Morgan fingerprint density at radius 1 is 1.00 bits per heavy atom. The number of rotatable bonds is 22. The van der Waals surface area contributed by atoms with Gasteiger partial charge in [-0.25, -0.2) is 0 Å². The van der Waals surface area contributed by atoms with Gasteiger partial charge in [-0.1, -0.05) is 75.4 Å². The number of benzene rings is 1. The predicted molar refractivity (Wildman–Crippen MR) is 219 cm³/mol. The molecule has 56 heavy (non-hydrogen) atoms. The fraction of sp³-hybridized carbons (Fsp3) is 0.696. The first kappa shape index (κ1) is 42.4. The highest BCUT2D eigenvalue weighted by Crippen LogP contribution is 2.62. The van der Waals surface area contributed by atoms with E-state index in [0.29, 0.717) is 44.9 Å². The fourth-order valence-electron chi connectivity index (χ4n) is 10.3. The van der Waals surface area contributed by atoms with Gasteiger partial charge in [0, 0.05) is 50.5 Å². The second-order valence-corrected chi connectivity index (χ2v) is 16.6. The van der Waals surface area contributed by atoms with Crippen LogP contribution in [0.15, 0.2) is 60.3 Å². The Morgan fingerprint density at radius 2 is 1.77 bits per heavy atom. The third kappa shape index (κ3) is 9.74. The second kappa shape index (κ2) is 21.0. The van der Waals surface area contributed by atoms with Crippen LogP contribution < -0.4 is 9.47 Å². The third-order valence-corrected chi connectivity index (χ3v) is 12.8. The highest BCUT2D eigenvalue weighted by molar-refractivity contribution is 6.03. The lowest BCUT2D eigenvalue weighted by atomic mass is 9.55. The largest absolute Gasteiger partial charge is 0.490 e. The number of aliphatic hydroxyl groups is 2. The average Bonchev–Trinajstić information content (AvgIpc) is 3.75. The van der Waals surface area contributed by atoms with Gasteiger partial charge in [0.25, 0.3) is 0 Å². The van der Waals surface area contributed by atoms with Crippen LogP contribution in [0.2, 0.25) is 0 Å². The van der Waals surface area contributed by atoms with Crippen LogP contribution in [0, 0.1) is 23.7 Å². The normalized spacial score (nSPS) is 29.1. The van der Waals surface area contributed by atoms with Crippen LogP contribution >= 0.6 is 0 Å². The van der Waals surface area contributed by atoms with Crippen LogP contribution in [-0.4, -0.2) is 84.4 Å². The summed E-state index contributed by atoms with van der Waals surface area (Å²) in [6, 6.07) is 5.58. The number of amides is 1. The molecule has 2 saturated carbocycles. The van der Waals surface area contributed by atoms with Crippen LogP contribution in [0.3, 0.4) is 0 Å². The van der Waals surface area contributed by atoms with E-state index in [0.717, 1.165) is 92.6 Å². The van der Waals surface area contributed by atoms with Crippen molar-refractivity contribution in [2.24, 2.45) is 28.8 Å². The Morgan fingerprint density at radius 3 is 2.48 bits per heavy atom. The monoisotopic (exact) mass is 776 g/mol. The Labute approximate surface area is 335 Å². The molecule has 1 unspecified atom stereocenters. The molecule has 0 radical (unpaired) electrons. The van der Waals surface area contributed by atoms with Crippen molar-refractivity contribution in [1.82, 2.24) is 4.90 Å². The summed E-state index contributed by atoms with van der Waals surface area (Å²) in [5.74, 6) is 0.824. The molecule has 3 fully saturated rings. The van der Waals surface area contributed by atoms with Gasteiger partial charge in [0.2, 0.25) is 18.0 Å². The molecular formula is C46H68N2O8. The summed E-state index contributed by atoms with van der Waals surface area (Å²) in [6.45, 7) is 12.2. The zero-order valence-electron chi connectivity index (χ0n) is 33.9. The van der Waals surface area contributed by atoms with E-state index >= 15 is 0 Å². The molecule has 1 amide bonds. The standard InChI is InChI=1S/C46H68N2O8/c1-4-24-48(42(51)23-20-33-15-7-8-16-33)41-32-39(47-56-43-19-11-14-29-53-43)37-30-34(17-9-12-25-49)36(18-10-13-26-50)44-38-31-35(52-27-5-2)21-22-40(38)55-46(41,45(37)44)54-28-6-3/h5-6,21-22,30-31,33-34,36,41,43-45,49-50H,2-4,7-20,23-29,32H2,1H3/t34-,36+,41-,43?,44+,45+,46+/m0/s1. The number of unbranched alkanes of at least 4 members (excludes halogenated alkanes) is 2. The molecule has 1 aromatic carbocycles. The molecule has 1 aromatic rings. The summed E-state index contributed by atoms with van der Waals surface area (Å²) in [4.78, 5) is 23.0. The minimum atomic E-state index is -1.25. The summed E-state index contributed by atoms with van der Waals surface area (Å²) < 4.78 is 26.6. The summed E-state index contributed by atoms with van der Waals surface area (Å²) in [7, 11) is 0. The summed E-state index contributed by atoms with van der Waals surface area (Å²) in [6.07, 6.45) is 20.7. The Kier molecular flexibility index (Phi) is 15.9. The summed E-state index contributed by atoms with van der Waals surface area (Å²) in [5.41, 5.74) is 2.90. The molecule has 2 aliphatic heterocycles. The van der Waals surface area contributed by atoms with E-state index in [2.05, 4.69) is 37.1 Å². The van der Waals surface area contributed by atoms with E-state index in [4.69, 9.17) is 28.9 Å². The number of hydrogen-bond donors (Lipinski definition) is 2. The number of fused-ring (bicyclic) bond motifs is 2. The van der Waals surface area contributed by atoms with E-state index < -0.39 is 18.1 Å². The van der Waals surface area contributed by atoms with Crippen molar-refractivity contribution in [3.63, 3.8) is 0 Å². The number of nitrogens with zero attached hydrogens (tertiary/aromatic N) is 2. The van der Waals surface area contributed by atoms with Gasteiger partial charge in [-0.15, -0.1) is 6.58 Å². The van der Waals surface area contributed by atoms with Crippen LogP contribution in [-0.2, 0) is 19.1 Å². The summed E-state index contributed by atoms with van der Waals surface area (Å²) in [5, 5.41) is 24.7. The van der Waals surface area contributed by atoms with E-state index in [1.807, 2.05) is 12.1 Å². The first-order chi connectivity index (χ1) is 27.5. The van der Waals surface area contributed by atoms with Crippen LogP contribution in [0.1, 0.15) is 128 Å². The minimum Gasteiger partial charge on any atom is -0.490 e. The van der Waals surface area contributed by atoms with Gasteiger partial charge in [-0.2, -0.15) is 0 Å². The van der Waals surface area contributed by atoms with Crippen LogP contribution in [0.5, 0.6) is 11.5 Å². The molecule has 0 spiro atoms. The predicted octanol–water partition coefficient (Wildman–Crippen LogP) is 8.62. The number of carbonyl (C=O) groups is 1. The lowest BCUT2D eigenvalue weighted by Crippen LogP contribution is -2.70. The summed E-state index contributed by atoms with van der Waals surface area (Å²) >= 11 is 0. The molecule has 2 heterocycles. The lowest BCUT2D eigenvalue weighted by molar-refractivity contribution is -0.257. The van der Waals surface area contributed by atoms with Crippen LogP contribution in [0.25, 0.3) is 0 Å². The Hall–Kier alpha value is -3.18. The number of hydrogen-bond acceptors (Lipinski definition) is 9. The van der Waals surface area contributed by atoms with Crippen LogP contribution in [0.4, 0.5) is 0 Å². The molecule has 6 rings (SSSR count). The van der Waals surface area contributed by atoms with Crippen molar-refractivity contribution < 1.29 is 38.8 Å². The Bertz CT molecular complexity index is 1500. The smallest absolute Gasteiger partial charge is 0.239 e. The maximum atomic E-state index is 14.7. The van der Waals surface area contributed by atoms with Gasteiger partial charge in [0.1, 0.15) is 24.1 Å². The number of ether oxygens (including phenoxy) is 4. The molecule has 5 aliphatic rings.